The van der Waals surface area contributed by atoms with Crippen molar-refractivity contribution in [1.82, 2.24) is 5.32 Å². The Morgan fingerprint density at radius 1 is 1.50 bits per heavy atom. The van der Waals surface area contributed by atoms with Crippen LogP contribution in [0.5, 0.6) is 5.75 Å². The summed E-state index contributed by atoms with van der Waals surface area (Å²) in [6, 6.07) is 5.80. The van der Waals surface area contributed by atoms with E-state index in [0.717, 1.165) is 30.9 Å². The molecule has 0 radical (unpaired) electrons. The second-order valence-electron chi connectivity index (χ2n) is 5.83. The van der Waals surface area contributed by atoms with Gasteiger partial charge in [-0.25, -0.2) is 0 Å². The maximum atomic E-state index is 11.9. The number of methoxy groups -OCH3 is 1. The SMILES string of the molecule is COc1ccc(Cl)cc1N1CCC(NC(=O)CCC(C)N)C1.Cl.Cl. The average molecular weight is 399 g/mol. The minimum Gasteiger partial charge on any atom is -0.495 e. The summed E-state index contributed by atoms with van der Waals surface area (Å²) in [5.41, 5.74) is 6.65. The van der Waals surface area contributed by atoms with Gasteiger partial charge in [0.05, 0.1) is 12.8 Å². The van der Waals surface area contributed by atoms with E-state index in [-0.39, 0.29) is 42.8 Å². The fraction of sp³-hybridized carbons (Fsp3) is 0.562. The Balaban J connectivity index is 0.00000264. The number of nitrogens with zero attached hydrogens (tertiary/aromatic N) is 1. The number of ether oxygens (including phenoxy) is 1. The zero-order chi connectivity index (χ0) is 16.1. The van der Waals surface area contributed by atoms with Crippen molar-refractivity contribution in [3.63, 3.8) is 0 Å². The fourth-order valence-electron chi connectivity index (χ4n) is 2.67. The van der Waals surface area contributed by atoms with Gasteiger partial charge in [0, 0.05) is 36.6 Å². The minimum absolute atomic E-state index is 0. The van der Waals surface area contributed by atoms with Crippen LogP contribution in [0.25, 0.3) is 0 Å². The fourth-order valence-corrected chi connectivity index (χ4v) is 2.83. The number of benzene rings is 1. The molecule has 138 valence electrons. The summed E-state index contributed by atoms with van der Waals surface area (Å²) >= 11 is 6.08. The van der Waals surface area contributed by atoms with Crippen LogP contribution in [0.1, 0.15) is 26.2 Å². The van der Waals surface area contributed by atoms with Crippen molar-refractivity contribution in [3.05, 3.63) is 23.2 Å². The Labute approximate surface area is 161 Å². The second-order valence-corrected chi connectivity index (χ2v) is 6.27. The largest absolute Gasteiger partial charge is 0.495 e. The van der Waals surface area contributed by atoms with Crippen LogP contribution in [0, 0.1) is 0 Å². The Morgan fingerprint density at radius 3 is 2.83 bits per heavy atom. The number of hydrogen-bond acceptors (Lipinski definition) is 4. The van der Waals surface area contributed by atoms with E-state index in [1.807, 2.05) is 25.1 Å². The van der Waals surface area contributed by atoms with E-state index in [1.165, 1.54) is 0 Å². The molecular weight excluding hydrogens is 373 g/mol. The van der Waals surface area contributed by atoms with Crippen LogP contribution in [0.3, 0.4) is 0 Å². The standard InChI is InChI=1S/C16H24ClN3O2.2ClH/c1-11(18)3-6-16(21)19-13-7-8-20(10-13)14-9-12(17)4-5-15(14)22-2;;/h4-5,9,11,13H,3,6-8,10,18H2,1-2H3,(H,19,21);2*1H. The summed E-state index contributed by atoms with van der Waals surface area (Å²) in [5.74, 6) is 0.871. The zero-order valence-corrected chi connectivity index (χ0v) is 16.3. The maximum Gasteiger partial charge on any atom is 0.220 e. The third-order valence-corrected chi connectivity index (χ3v) is 4.10. The van der Waals surface area contributed by atoms with Crippen LogP contribution in [-0.4, -0.2) is 38.2 Å². The summed E-state index contributed by atoms with van der Waals surface area (Å²) in [4.78, 5) is 14.1. The third kappa shape index (κ3) is 6.55. The molecule has 1 aromatic carbocycles. The van der Waals surface area contributed by atoms with Gasteiger partial charge in [0.2, 0.25) is 5.91 Å². The topological polar surface area (TPSA) is 67.6 Å². The van der Waals surface area contributed by atoms with Gasteiger partial charge >= 0.3 is 0 Å². The highest BCUT2D eigenvalue weighted by Crippen LogP contribution is 2.33. The number of carbonyl (C=O) groups is 1. The molecule has 1 amide bonds. The minimum atomic E-state index is 0. The van der Waals surface area contributed by atoms with Gasteiger partial charge in [-0.3, -0.25) is 4.79 Å². The van der Waals surface area contributed by atoms with Gasteiger partial charge in [0.1, 0.15) is 5.75 Å². The lowest BCUT2D eigenvalue weighted by molar-refractivity contribution is -0.121. The molecule has 2 atom stereocenters. The molecule has 1 aliphatic heterocycles. The predicted octanol–water partition coefficient (Wildman–Crippen LogP) is 3.01. The summed E-state index contributed by atoms with van der Waals surface area (Å²) in [5, 5.41) is 3.76. The first kappa shape index (κ1) is 23.1. The van der Waals surface area contributed by atoms with E-state index >= 15 is 0 Å². The smallest absolute Gasteiger partial charge is 0.220 e. The zero-order valence-electron chi connectivity index (χ0n) is 14.0. The Hall–Kier alpha value is -0.880. The van der Waals surface area contributed by atoms with E-state index in [4.69, 9.17) is 22.1 Å². The maximum absolute atomic E-state index is 11.9. The van der Waals surface area contributed by atoms with E-state index in [1.54, 1.807) is 7.11 Å². The molecule has 0 bridgehead atoms. The van der Waals surface area contributed by atoms with Crippen molar-refractivity contribution in [2.75, 3.05) is 25.1 Å². The highest BCUT2D eigenvalue weighted by atomic mass is 35.5. The summed E-state index contributed by atoms with van der Waals surface area (Å²) in [6.07, 6.45) is 2.11. The number of anilines is 1. The van der Waals surface area contributed by atoms with Crippen molar-refractivity contribution in [1.29, 1.82) is 0 Å². The van der Waals surface area contributed by atoms with Crippen LogP contribution >= 0.6 is 36.4 Å². The van der Waals surface area contributed by atoms with Gasteiger partial charge in [0.25, 0.3) is 0 Å². The molecule has 1 fully saturated rings. The Morgan fingerprint density at radius 2 is 2.21 bits per heavy atom. The number of nitrogens with one attached hydrogen (secondary N) is 1. The van der Waals surface area contributed by atoms with Crippen LogP contribution in [0.4, 0.5) is 5.69 Å². The first-order valence-corrected chi connectivity index (χ1v) is 8.01. The highest BCUT2D eigenvalue weighted by Gasteiger charge is 2.26. The normalized spacial score (nSPS) is 17.5. The first-order valence-electron chi connectivity index (χ1n) is 7.63. The molecule has 1 saturated heterocycles. The predicted molar refractivity (Wildman–Crippen MR) is 104 cm³/mol. The molecule has 2 rings (SSSR count). The number of rotatable bonds is 6. The summed E-state index contributed by atoms with van der Waals surface area (Å²) in [6.45, 7) is 3.55. The molecule has 5 nitrogen and oxygen atoms in total. The van der Waals surface area contributed by atoms with E-state index in [0.29, 0.717) is 17.9 Å². The van der Waals surface area contributed by atoms with Crippen molar-refractivity contribution >= 4 is 48.0 Å². The van der Waals surface area contributed by atoms with E-state index in [9.17, 15) is 4.79 Å². The van der Waals surface area contributed by atoms with Crippen molar-refractivity contribution in [2.24, 2.45) is 5.73 Å². The molecular formula is C16H26Cl3N3O2. The molecule has 0 saturated carbocycles. The lowest BCUT2D eigenvalue weighted by Crippen LogP contribution is -2.37. The van der Waals surface area contributed by atoms with Gasteiger partial charge < -0.3 is 20.7 Å². The molecule has 1 heterocycles. The van der Waals surface area contributed by atoms with E-state index < -0.39 is 0 Å². The Kier molecular flexibility index (Phi) is 10.5. The van der Waals surface area contributed by atoms with Gasteiger partial charge in [-0.1, -0.05) is 11.6 Å². The van der Waals surface area contributed by atoms with Gasteiger partial charge in [-0.05, 0) is 38.0 Å². The lowest BCUT2D eigenvalue weighted by Gasteiger charge is -2.22. The molecule has 2 unspecified atom stereocenters. The van der Waals surface area contributed by atoms with Crippen LogP contribution in [0.2, 0.25) is 5.02 Å². The molecule has 1 aromatic rings. The van der Waals surface area contributed by atoms with Crippen LogP contribution in [-0.2, 0) is 4.79 Å². The number of carbonyl (C=O) groups excluding carboxylic acids is 1. The number of hydrogen-bond donors (Lipinski definition) is 2. The Bertz CT molecular complexity index is 529. The quantitative estimate of drug-likeness (QED) is 0.773. The van der Waals surface area contributed by atoms with Crippen molar-refractivity contribution in [2.45, 2.75) is 38.3 Å². The van der Waals surface area contributed by atoms with Crippen molar-refractivity contribution < 1.29 is 9.53 Å². The van der Waals surface area contributed by atoms with Gasteiger partial charge in [-0.15, -0.1) is 24.8 Å². The molecule has 24 heavy (non-hydrogen) atoms. The second kappa shape index (κ2) is 10.9. The number of nitrogens with two attached hydrogens (primary N) is 1. The number of amides is 1. The van der Waals surface area contributed by atoms with Gasteiger partial charge in [0.15, 0.2) is 0 Å². The molecule has 1 aliphatic rings. The monoisotopic (exact) mass is 397 g/mol. The first-order chi connectivity index (χ1) is 10.5. The highest BCUT2D eigenvalue weighted by molar-refractivity contribution is 6.30. The molecule has 0 aliphatic carbocycles. The molecule has 0 aromatic heterocycles. The van der Waals surface area contributed by atoms with E-state index in [2.05, 4.69) is 10.2 Å². The third-order valence-electron chi connectivity index (χ3n) is 3.86. The molecule has 8 heteroatoms. The summed E-state index contributed by atoms with van der Waals surface area (Å²) in [7, 11) is 1.65. The van der Waals surface area contributed by atoms with Gasteiger partial charge in [-0.2, -0.15) is 0 Å². The average Bonchev–Trinajstić information content (AvgIpc) is 2.93. The molecule has 0 spiro atoms. The summed E-state index contributed by atoms with van der Waals surface area (Å²) < 4.78 is 5.39. The van der Waals surface area contributed by atoms with Crippen molar-refractivity contribution in [3.8, 4) is 5.75 Å². The molecule has 3 N–H and O–H groups in total. The lowest BCUT2D eigenvalue weighted by atomic mass is 10.2. The number of halogens is 3. The van der Waals surface area contributed by atoms with Crippen LogP contribution in [0.15, 0.2) is 18.2 Å². The van der Waals surface area contributed by atoms with Crippen LogP contribution < -0.4 is 20.7 Å².